The number of carbonyl (C=O) groups excluding carboxylic acids is 1. The van der Waals surface area contributed by atoms with Gasteiger partial charge in [0.1, 0.15) is 6.10 Å². The zero-order valence-corrected chi connectivity index (χ0v) is 9.62. The van der Waals surface area contributed by atoms with Crippen LogP contribution in [-0.4, -0.2) is 24.8 Å². The first-order valence-corrected chi connectivity index (χ1v) is 5.61. The average Bonchev–Trinajstić information content (AvgIpc) is 2.18. The Morgan fingerprint density at radius 1 is 1.40 bits per heavy atom. The number of hydrogen-bond donors (Lipinski definition) is 0. The molecule has 3 nitrogen and oxygen atoms in total. The van der Waals surface area contributed by atoms with Crippen LogP contribution >= 0.6 is 0 Å². The number of carbonyl (C=O) groups is 1. The summed E-state index contributed by atoms with van der Waals surface area (Å²) in [4.78, 5) is 11.3. The summed E-state index contributed by atoms with van der Waals surface area (Å²) in [5.41, 5.74) is 0.466. The van der Waals surface area contributed by atoms with Gasteiger partial charge in [-0.15, -0.1) is 0 Å². The molecule has 0 bridgehead atoms. The average molecular weight is 212 g/mol. The van der Waals surface area contributed by atoms with Crippen molar-refractivity contribution >= 4 is 5.97 Å². The maximum absolute atomic E-state index is 11.3. The second kappa shape index (κ2) is 5.91. The van der Waals surface area contributed by atoms with E-state index in [1.54, 1.807) is 6.92 Å². The minimum absolute atomic E-state index is 0.0134. The standard InChI is InChI=1S/C12H20O3/c1-4-14-10-6-5-7-11(8-10)15-12(13)9(2)3/h10-11H,2,4-8H2,1,3H3. The zero-order chi connectivity index (χ0) is 11.3. The van der Waals surface area contributed by atoms with E-state index >= 15 is 0 Å². The highest BCUT2D eigenvalue weighted by molar-refractivity contribution is 5.87. The van der Waals surface area contributed by atoms with Crippen molar-refractivity contribution in [3.05, 3.63) is 12.2 Å². The summed E-state index contributed by atoms with van der Waals surface area (Å²) in [5.74, 6) is -0.280. The van der Waals surface area contributed by atoms with Crippen LogP contribution in [0.25, 0.3) is 0 Å². The predicted molar refractivity (Wildman–Crippen MR) is 58.6 cm³/mol. The molecule has 15 heavy (non-hydrogen) atoms. The maximum Gasteiger partial charge on any atom is 0.333 e. The molecular weight excluding hydrogens is 192 g/mol. The molecule has 0 aromatic heterocycles. The summed E-state index contributed by atoms with van der Waals surface area (Å²) < 4.78 is 10.9. The summed E-state index contributed by atoms with van der Waals surface area (Å²) in [7, 11) is 0. The van der Waals surface area contributed by atoms with Gasteiger partial charge in [0.2, 0.25) is 0 Å². The van der Waals surface area contributed by atoms with Crippen LogP contribution in [0.3, 0.4) is 0 Å². The van der Waals surface area contributed by atoms with Gasteiger partial charge in [0.15, 0.2) is 0 Å². The molecule has 1 saturated carbocycles. The Morgan fingerprint density at radius 3 is 2.67 bits per heavy atom. The lowest BCUT2D eigenvalue weighted by atomic mass is 9.95. The highest BCUT2D eigenvalue weighted by Crippen LogP contribution is 2.24. The second-order valence-corrected chi connectivity index (χ2v) is 4.05. The molecular formula is C12H20O3. The third kappa shape index (κ3) is 4.04. The van der Waals surface area contributed by atoms with Gasteiger partial charge in [0.25, 0.3) is 0 Å². The van der Waals surface area contributed by atoms with Gasteiger partial charge in [-0.3, -0.25) is 0 Å². The van der Waals surface area contributed by atoms with Crippen molar-refractivity contribution in [1.82, 2.24) is 0 Å². The Bertz CT molecular complexity index is 233. The second-order valence-electron chi connectivity index (χ2n) is 4.05. The Morgan fingerprint density at radius 2 is 2.07 bits per heavy atom. The van der Waals surface area contributed by atoms with E-state index in [-0.39, 0.29) is 18.2 Å². The topological polar surface area (TPSA) is 35.5 Å². The number of ether oxygens (including phenoxy) is 2. The Hall–Kier alpha value is -0.830. The molecule has 0 N–H and O–H groups in total. The SMILES string of the molecule is C=C(C)C(=O)OC1CCCC(OCC)C1. The van der Waals surface area contributed by atoms with E-state index in [0.29, 0.717) is 5.57 Å². The van der Waals surface area contributed by atoms with Gasteiger partial charge in [-0.25, -0.2) is 4.79 Å². The molecule has 1 aliphatic carbocycles. The first-order chi connectivity index (χ1) is 7.13. The Balaban J connectivity index is 2.36. The number of esters is 1. The highest BCUT2D eigenvalue weighted by atomic mass is 16.5. The van der Waals surface area contributed by atoms with Crippen molar-refractivity contribution < 1.29 is 14.3 Å². The van der Waals surface area contributed by atoms with Gasteiger partial charge in [-0.1, -0.05) is 6.58 Å². The molecule has 2 unspecified atom stereocenters. The minimum Gasteiger partial charge on any atom is -0.459 e. The van der Waals surface area contributed by atoms with Crippen LogP contribution in [-0.2, 0) is 14.3 Å². The van der Waals surface area contributed by atoms with E-state index in [1.165, 1.54) is 0 Å². The molecule has 0 aliphatic heterocycles. The van der Waals surface area contributed by atoms with Crippen molar-refractivity contribution in [2.24, 2.45) is 0 Å². The van der Waals surface area contributed by atoms with Crippen molar-refractivity contribution in [1.29, 1.82) is 0 Å². The van der Waals surface area contributed by atoms with E-state index < -0.39 is 0 Å². The van der Waals surface area contributed by atoms with Crippen LogP contribution in [0.15, 0.2) is 12.2 Å². The Kier molecular flexibility index (Phi) is 4.82. The summed E-state index contributed by atoms with van der Waals surface area (Å²) in [6, 6.07) is 0. The van der Waals surface area contributed by atoms with Crippen molar-refractivity contribution in [3.8, 4) is 0 Å². The molecule has 2 atom stereocenters. The van der Waals surface area contributed by atoms with Crippen LogP contribution < -0.4 is 0 Å². The molecule has 1 aliphatic rings. The lowest BCUT2D eigenvalue weighted by Gasteiger charge is -2.28. The molecule has 0 heterocycles. The van der Waals surface area contributed by atoms with Crippen LogP contribution in [0.1, 0.15) is 39.5 Å². The van der Waals surface area contributed by atoms with Crippen LogP contribution in [0.4, 0.5) is 0 Å². The van der Waals surface area contributed by atoms with Gasteiger partial charge >= 0.3 is 5.97 Å². The molecule has 1 fully saturated rings. The van der Waals surface area contributed by atoms with Crippen LogP contribution in [0.2, 0.25) is 0 Å². The van der Waals surface area contributed by atoms with Crippen LogP contribution in [0, 0.1) is 0 Å². The lowest BCUT2D eigenvalue weighted by molar-refractivity contribution is -0.148. The first-order valence-electron chi connectivity index (χ1n) is 5.61. The highest BCUT2D eigenvalue weighted by Gasteiger charge is 2.25. The summed E-state index contributed by atoms with van der Waals surface area (Å²) >= 11 is 0. The minimum atomic E-state index is -0.280. The quantitative estimate of drug-likeness (QED) is 0.530. The maximum atomic E-state index is 11.3. The molecule has 0 aromatic carbocycles. The molecule has 86 valence electrons. The van der Waals surface area contributed by atoms with Crippen molar-refractivity contribution in [2.45, 2.75) is 51.7 Å². The van der Waals surface area contributed by atoms with Crippen LogP contribution in [0.5, 0.6) is 0 Å². The van der Waals surface area contributed by atoms with Gasteiger partial charge in [-0.05, 0) is 33.1 Å². The fourth-order valence-electron chi connectivity index (χ4n) is 1.85. The zero-order valence-electron chi connectivity index (χ0n) is 9.62. The van der Waals surface area contributed by atoms with Crippen molar-refractivity contribution in [3.63, 3.8) is 0 Å². The Labute approximate surface area is 91.4 Å². The predicted octanol–water partition coefficient (Wildman–Crippen LogP) is 2.45. The van der Waals surface area contributed by atoms with Gasteiger partial charge in [0, 0.05) is 18.6 Å². The van der Waals surface area contributed by atoms with Gasteiger partial charge in [-0.2, -0.15) is 0 Å². The number of hydrogen-bond acceptors (Lipinski definition) is 3. The van der Waals surface area contributed by atoms with E-state index in [4.69, 9.17) is 9.47 Å². The third-order valence-electron chi connectivity index (χ3n) is 2.60. The monoisotopic (exact) mass is 212 g/mol. The van der Waals surface area contributed by atoms with Gasteiger partial charge < -0.3 is 9.47 Å². The fraction of sp³-hybridized carbons (Fsp3) is 0.750. The summed E-state index contributed by atoms with van der Waals surface area (Å²) in [6.07, 6.45) is 4.19. The van der Waals surface area contributed by atoms with E-state index in [9.17, 15) is 4.79 Å². The smallest absolute Gasteiger partial charge is 0.333 e. The fourth-order valence-corrected chi connectivity index (χ4v) is 1.85. The molecule has 0 radical (unpaired) electrons. The normalized spacial score (nSPS) is 26.0. The summed E-state index contributed by atoms with van der Waals surface area (Å²) in [6.45, 7) is 7.96. The van der Waals surface area contributed by atoms with Crippen molar-refractivity contribution in [2.75, 3.05) is 6.61 Å². The summed E-state index contributed by atoms with van der Waals surface area (Å²) in [5, 5.41) is 0. The first kappa shape index (κ1) is 12.2. The number of rotatable bonds is 4. The molecule has 0 saturated heterocycles. The van der Waals surface area contributed by atoms with E-state index in [2.05, 4.69) is 6.58 Å². The molecule has 0 amide bonds. The van der Waals surface area contributed by atoms with Gasteiger partial charge in [0.05, 0.1) is 6.10 Å². The lowest BCUT2D eigenvalue weighted by Crippen LogP contribution is -2.30. The third-order valence-corrected chi connectivity index (χ3v) is 2.60. The molecule has 3 heteroatoms. The van der Waals surface area contributed by atoms with E-state index in [1.807, 2.05) is 6.92 Å². The largest absolute Gasteiger partial charge is 0.459 e. The molecule has 0 spiro atoms. The van der Waals surface area contributed by atoms with E-state index in [0.717, 1.165) is 32.3 Å². The molecule has 0 aromatic rings. The molecule has 1 rings (SSSR count).